The molecule has 4 heterocycles. The molecule has 0 radical (unpaired) electrons. The monoisotopic (exact) mass is 384 g/mol. The van der Waals surface area contributed by atoms with E-state index in [0.717, 1.165) is 10.7 Å². The molecule has 2 atom stereocenters. The number of fused-ring (bicyclic) bond motifs is 1. The summed E-state index contributed by atoms with van der Waals surface area (Å²) in [6, 6.07) is 5.57. The van der Waals surface area contributed by atoms with Crippen LogP contribution in [0.5, 0.6) is 0 Å². The normalized spacial score (nSPS) is 18.0. The molecule has 9 heteroatoms. The third kappa shape index (κ3) is 3.60. The van der Waals surface area contributed by atoms with Crippen molar-refractivity contribution in [2.75, 3.05) is 18.4 Å². The number of carbonyl (C=O) groups is 1. The molecule has 0 aromatic carbocycles. The summed E-state index contributed by atoms with van der Waals surface area (Å²) in [7, 11) is 0. The molecular formula is C18H20N6O2S. The lowest BCUT2D eigenvalue weighted by Gasteiger charge is -2.17. The number of nitrogens with zero attached hydrogens (tertiary/aromatic N) is 5. The minimum Gasteiger partial charge on any atom is -0.391 e. The van der Waals surface area contributed by atoms with Gasteiger partial charge in [-0.3, -0.25) is 9.78 Å². The van der Waals surface area contributed by atoms with E-state index in [1.807, 2.05) is 32.0 Å². The largest absolute Gasteiger partial charge is 0.391 e. The van der Waals surface area contributed by atoms with E-state index in [4.69, 9.17) is 0 Å². The fourth-order valence-corrected chi connectivity index (χ4v) is 3.95. The summed E-state index contributed by atoms with van der Waals surface area (Å²) in [5.74, 6) is 0.144. The SMILES string of the molecule is Cc1nc2nc(NC(C)c3ccccn3)nc(C(=O)N3CC[C@@H](O)C3)c2s1. The Bertz CT molecular complexity index is 977. The maximum absolute atomic E-state index is 13.0. The smallest absolute Gasteiger partial charge is 0.274 e. The maximum atomic E-state index is 13.0. The molecule has 140 valence electrons. The Labute approximate surface area is 160 Å². The molecule has 0 saturated carbocycles. The topological polar surface area (TPSA) is 104 Å². The summed E-state index contributed by atoms with van der Waals surface area (Å²) in [4.78, 5) is 32.4. The Hall–Kier alpha value is -2.65. The standard InChI is InChI=1S/C18H20N6O2S/c1-10(13-5-3-4-7-19-13)20-18-22-14(15-16(23-18)21-11(2)27-15)17(26)24-8-6-12(25)9-24/h3-5,7,10,12,25H,6,8-9H2,1-2H3,(H,20,22,23)/t10?,12-/m1/s1. The van der Waals surface area contributed by atoms with Crippen molar-refractivity contribution < 1.29 is 9.90 Å². The number of likely N-dealkylation sites (tertiary alicyclic amines) is 1. The molecule has 0 aliphatic carbocycles. The Morgan fingerprint density at radius 3 is 2.93 bits per heavy atom. The third-order valence-corrected chi connectivity index (χ3v) is 5.46. The minimum atomic E-state index is -0.476. The van der Waals surface area contributed by atoms with E-state index >= 15 is 0 Å². The average molecular weight is 384 g/mol. The first-order chi connectivity index (χ1) is 13.0. The number of aliphatic hydroxyl groups excluding tert-OH is 1. The molecule has 3 aromatic rings. The van der Waals surface area contributed by atoms with E-state index in [1.54, 1.807) is 11.1 Å². The van der Waals surface area contributed by atoms with Crippen LogP contribution in [-0.2, 0) is 0 Å². The lowest BCUT2D eigenvalue weighted by molar-refractivity contribution is 0.0761. The van der Waals surface area contributed by atoms with Crippen molar-refractivity contribution in [2.45, 2.75) is 32.4 Å². The van der Waals surface area contributed by atoms with E-state index in [9.17, 15) is 9.90 Å². The van der Waals surface area contributed by atoms with Gasteiger partial charge >= 0.3 is 0 Å². The molecule has 3 aromatic heterocycles. The Morgan fingerprint density at radius 2 is 2.22 bits per heavy atom. The van der Waals surface area contributed by atoms with Crippen LogP contribution in [0, 0.1) is 6.92 Å². The minimum absolute atomic E-state index is 0.125. The number of pyridine rings is 1. The molecule has 1 unspecified atom stereocenters. The number of amides is 1. The quantitative estimate of drug-likeness (QED) is 0.710. The first-order valence-electron chi connectivity index (χ1n) is 8.81. The highest BCUT2D eigenvalue weighted by Crippen LogP contribution is 2.27. The first kappa shape index (κ1) is 17.7. The molecule has 2 N–H and O–H groups in total. The highest BCUT2D eigenvalue weighted by atomic mass is 32.1. The predicted octanol–water partition coefficient (Wildman–Crippen LogP) is 2.17. The fourth-order valence-electron chi connectivity index (χ4n) is 3.11. The number of thiazole rings is 1. The zero-order valence-electron chi connectivity index (χ0n) is 15.1. The van der Waals surface area contributed by atoms with Crippen LogP contribution in [0.25, 0.3) is 10.3 Å². The molecule has 1 saturated heterocycles. The van der Waals surface area contributed by atoms with Gasteiger partial charge in [0.25, 0.3) is 5.91 Å². The molecule has 0 bridgehead atoms. The number of β-amino-alcohol motifs (C(OH)–C–C–N with tert-alkyl or cyclic N) is 1. The summed E-state index contributed by atoms with van der Waals surface area (Å²) in [6.07, 6.45) is 1.84. The van der Waals surface area contributed by atoms with Gasteiger partial charge in [0.05, 0.1) is 22.8 Å². The van der Waals surface area contributed by atoms with Gasteiger partial charge in [0.15, 0.2) is 11.3 Å². The van der Waals surface area contributed by atoms with E-state index in [2.05, 4.69) is 25.3 Å². The summed E-state index contributed by atoms with van der Waals surface area (Å²) < 4.78 is 0.676. The number of aryl methyl sites for hydroxylation is 1. The lowest BCUT2D eigenvalue weighted by atomic mass is 10.2. The summed E-state index contributed by atoms with van der Waals surface area (Å²) >= 11 is 1.40. The molecule has 27 heavy (non-hydrogen) atoms. The fraction of sp³-hybridized carbons (Fsp3) is 0.389. The number of nitrogens with one attached hydrogen (secondary N) is 1. The van der Waals surface area contributed by atoms with Gasteiger partial charge in [-0.05, 0) is 32.4 Å². The highest BCUT2D eigenvalue weighted by molar-refractivity contribution is 7.18. The number of hydrogen-bond donors (Lipinski definition) is 2. The third-order valence-electron chi connectivity index (χ3n) is 4.49. The molecule has 1 aliphatic heterocycles. The molecule has 1 aliphatic rings. The van der Waals surface area contributed by atoms with Crippen molar-refractivity contribution in [2.24, 2.45) is 0 Å². The lowest BCUT2D eigenvalue weighted by Crippen LogP contribution is -2.30. The Kier molecular flexibility index (Phi) is 4.71. The molecule has 1 amide bonds. The van der Waals surface area contributed by atoms with Gasteiger partial charge in [0.2, 0.25) is 5.95 Å². The van der Waals surface area contributed by atoms with Gasteiger partial charge in [-0.2, -0.15) is 4.98 Å². The van der Waals surface area contributed by atoms with Crippen molar-refractivity contribution in [3.8, 4) is 0 Å². The van der Waals surface area contributed by atoms with Crippen molar-refractivity contribution in [1.82, 2.24) is 24.8 Å². The highest BCUT2D eigenvalue weighted by Gasteiger charge is 2.29. The molecular weight excluding hydrogens is 364 g/mol. The van der Waals surface area contributed by atoms with Crippen molar-refractivity contribution in [3.63, 3.8) is 0 Å². The van der Waals surface area contributed by atoms with Crippen LogP contribution in [-0.4, -0.2) is 55.0 Å². The van der Waals surface area contributed by atoms with Crippen LogP contribution in [0.2, 0.25) is 0 Å². The first-order valence-corrected chi connectivity index (χ1v) is 9.63. The van der Waals surface area contributed by atoms with Gasteiger partial charge in [0, 0.05) is 19.3 Å². The van der Waals surface area contributed by atoms with E-state index in [1.165, 1.54) is 11.3 Å². The zero-order valence-corrected chi connectivity index (χ0v) is 15.9. The van der Waals surface area contributed by atoms with Crippen molar-refractivity contribution in [3.05, 3.63) is 40.8 Å². The van der Waals surface area contributed by atoms with Crippen LogP contribution in [0.15, 0.2) is 24.4 Å². The predicted molar refractivity (Wildman–Crippen MR) is 103 cm³/mol. The number of rotatable bonds is 4. The Balaban J connectivity index is 1.69. The van der Waals surface area contributed by atoms with Crippen molar-refractivity contribution in [1.29, 1.82) is 0 Å². The van der Waals surface area contributed by atoms with Gasteiger partial charge < -0.3 is 15.3 Å². The number of carbonyl (C=O) groups excluding carboxylic acids is 1. The maximum Gasteiger partial charge on any atom is 0.274 e. The number of aliphatic hydroxyl groups is 1. The second-order valence-electron chi connectivity index (χ2n) is 6.60. The van der Waals surface area contributed by atoms with Crippen LogP contribution < -0.4 is 5.32 Å². The number of hydrogen-bond acceptors (Lipinski definition) is 8. The van der Waals surface area contributed by atoms with E-state index in [-0.39, 0.29) is 11.9 Å². The number of aromatic nitrogens is 4. The van der Waals surface area contributed by atoms with Crippen LogP contribution in [0.1, 0.15) is 40.6 Å². The van der Waals surface area contributed by atoms with Crippen molar-refractivity contribution >= 4 is 33.5 Å². The molecule has 0 spiro atoms. The summed E-state index contributed by atoms with van der Waals surface area (Å²) in [6.45, 7) is 4.69. The van der Waals surface area contributed by atoms with E-state index < -0.39 is 6.10 Å². The molecule has 8 nitrogen and oxygen atoms in total. The average Bonchev–Trinajstić information content (AvgIpc) is 3.26. The number of anilines is 1. The second-order valence-corrected chi connectivity index (χ2v) is 7.80. The van der Waals surface area contributed by atoms with Gasteiger partial charge in [-0.15, -0.1) is 11.3 Å². The van der Waals surface area contributed by atoms with Crippen LogP contribution >= 0.6 is 11.3 Å². The second kappa shape index (κ2) is 7.16. The van der Waals surface area contributed by atoms with E-state index in [0.29, 0.717) is 41.5 Å². The summed E-state index contributed by atoms with van der Waals surface area (Å²) in [5, 5.41) is 13.8. The molecule has 1 fully saturated rings. The van der Waals surface area contributed by atoms with Gasteiger partial charge in [-0.25, -0.2) is 9.97 Å². The van der Waals surface area contributed by atoms with Gasteiger partial charge in [0.1, 0.15) is 4.70 Å². The Morgan fingerprint density at radius 1 is 1.37 bits per heavy atom. The van der Waals surface area contributed by atoms with Gasteiger partial charge in [-0.1, -0.05) is 6.07 Å². The van der Waals surface area contributed by atoms with Crippen LogP contribution in [0.4, 0.5) is 5.95 Å². The summed E-state index contributed by atoms with van der Waals surface area (Å²) in [5.41, 5.74) is 1.69. The van der Waals surface area contributed by atoms with Crippen LogP contribution in [0.3, 0.4) is 0 Å². The zero-order chi connectivity index (χ0) is 19.0. The molecule has 4 rings (SSSR count).